The lowest BCUT2D eigenvalue weighted by Gasteiger charge is -2.26. The quantitative estimate of drug-likeness (QED) is 0.845. The second-order valence-corrected chi connectivity index (χ2v) is 7.67. The van der Waals surface area contributed by atoms with Crippen LogP contribution in [0.4, 0.5) is 0 Å². The van der Waals surface area contributed by atoms with Gasteiger partial charge in [0.15, 0.2) is 0 Å². The lowest BCUT2D eigenvalue weighted by atomic mass is 10.2. The SMILES string of the molecule is Cc1ccc(Br)cc1S(=O)(=O)N1CCn2c(n[nH]c2=O)C1. The number of hydrogen-bond donors (Lipinski definition) is 1. The highest BCUT2D eigenvalue weighted by Crippen LogP contribution is 2.25. The molecule has 0 radical (unpaired) electrons. The van der Waals surface area contributed by atoms with Gasteiger partial charge in [-0.2, -0.15) is 9.40 Å². The number of aromatic amines is 1. The number of aromatic nitrogens is 3. The second kappa shape index (κ2) is 5.08. The molecule has 21 heavy (non-hydrogen) atoms. The molecule has 1 aliphatic heterocycles. The first-order valence-corrected chi connectivity index (χ1v) is 8.53. The van der Waals surface area contributed by atoms with Crippen LogP contribution >= 0.6 is 15.9 Å². The number of hydrogen-bond acceptors (Lipinski definition) is 4. The van der Waals surface area contributed by atoms with Crippen LogP contribution in [0.1, 0.15) is 11.4 Å². The van der Waals surface area contributed by atoms with E-state index in [1.165, 1.54) is 8.87 Å². The summed E-state index contributed by atoms with van der Waals surface area (Å²) >= 11 is 3.30. The fourth-order valence-corrected chi connectivity index (χ4v) is 4.50. The number of nitrogens with zero attached hydrogens (tertiary/aromatic N) is 3. The first kappa shape index (κ1) is 14.5. The molecule has 0 amide bonds. The van der Waals surface area contributed by atoms with E-state index in [-0.39, 0.29) is 23.7 Å². The van der Waals surface area contributed by atoms with Crippen molar-refractivity contribution in [3.05, 3.63) is 44.5 Å². The summed E-state index contributed by atoms with van der Waals surface area (Å²) in [6.07, 6.45) is 0. The molecule has 0 saturated carbocycles. The summed E-state index contributed by atoms with van der Waals surface area (Å²) in [5, 5.41) is 6.20. The minimum atomic E-state index is -3.61. The maximum atomic E-state index is 12.8. The van der Waals surface area contributed by atoms with Crippen molar-refractivity contribution in [3.8, 4) is 0 Å². The zero-order chi connectivity index (χ0) is 15.2. The third kappa shape index (κ3) is 2.45. The number of benzene rings is 1. The van der Waals surface area contributed by atoms with Crippen LogP contribution in [0, 0.1) is 6.92 Å². The third-order valence-electron chi connectivity index (χ3n) is 3.50. The van der Waals surface area contributed by atoms with E-state index < -0.39 is 10.0 Å². The highest BCUT2D eigenvalue weighted by molar-refractivity contribution is 9.10. The average Bonchev–Trinajstić information content (AvgIpc) is 2.82. The summed E-state index contributed by atoms with van der Waals surface area (Å²) < 4.78 is 29.0. The number of nitrogens with one attached hydrogen (secondary N) is 1. The van der Waals surface area contributed by atoms with E-state index in [0.717, 1.165) is 0 Å². The first-order valence-electron chi connectivity index (χ1n) is 6.30. The Morgan fingerprint density at radius 2 is 2.10 bits per heavy atom. The van der Waals surface area contributed by atoms with Crippen molar-refractivity contribution >= 4 is 26.0 Å². The topological polar surface area (TPSA) is 88.1 Å². The largest absolute Gasteiger partial charge is 0.343 e. The molecular weight excluding hydrogens is 360 g/mol. The average molecular weight is 373 g/mol. The summed E-state index contributed by atoms with van der Waals surface area (Å²) in [5.74, 6) is 0.433. The van der Waals surface area contributed by atoms with Crippen LogP contribution in [0.3, 0.4) is 0 Å². The van der Waals surface area contributed by atoms with Gasteiger partial charge in [-0.05, 0) is 24.6 Å². The highest BCUT2D eigenvalue weighted by atomic mass is 79.9. The van der Waals surface area contributed by atoms with Gasteiger partial charge in [-0.3, -0.25) is 4.57 Å². The smallest absolute Gasteiger partial charge is 0.277 e. The number of aryl methyl sites for hydroxylation is 1. The summed E-state index contributed by atoms with van der Waals surface area (Å²) in [5.41, 5.74) is 0.379. The Labute approximate surface area is 129 Å². The molecule has 1 N–H and O–H groups in total. The molecule has 1 aliphatic rings. The minimum Gasteiger partial charge on any atom is -0.277 e. The van der Waals surface area contributed by atoms with Crippen LogP contribution in [0.25, 0.3) is 0 Å². The van der Waals surface area contributed by atoms with Gasteiger partial charge in [-0.15, -0.1) is 0 Å². The number of rotatable bonds is 2. The van der Waals surface area contributed by atoms with E-state index in [2.05, 4.69) is 26.1 Å². The van der Waals surface area contributed by atoms with Gasteiger partial charge in [0.25, 0.3) is 0 Å². The normalized spacial score (nSPS) is 15.9. The molecule has 0 unspecified atom stereocenters. The van der Waals surface area contributed by atoms with E-state index in [1.807, 2.05) is 0 Å². The number of fused-ring (bicyclic) bond motifs is 1. The highest BCUT2D eigenvalue weighted by Gasteiger charge is 2.31. The van der Waals surface area contributed by atoms with Gasteiger partial charge in [0, 0.05) is 17.6 Å². The van der Waals surface area contributed by atoms with Gasteiger partial charge in [-0.1, -0.05) is 22.0 Å². The third-order valence-corrected chi connectivity index (χ3v) is 5.98. The molecule has 0 spiro atoms. The van der Waals surface area contributed by atoms with Crippen LogP contribution in [0.2, 0.25) is 0 Å². The van der Waals surface area contributed by atoms with Gasteiger partial charge in [0.1, 0.15) is 5.82 Å². The molecule has 0 saturated heterocycles. The molecule has 1 aromatic heterocycles. The fraction of sp³-hybridized carbons (Fsp3) is 0.333. The van der Waals surface area contributed by atoms with E-state index in [9.17, 15) is 13.2 Å². The van der Waals surface area contributed by atoms with Gasteiger partial charge in [0.2, 0.25) is 10.0 Å². The van der Waals surface area contributed by atoms with E-state index >= 15 is 0 Å². The minimum absolute atomic E-state index is 0.0903. The van der Waals surface area contributed by atoms with Crippen molar-refractivity contribution in [1.29, 1.82) is 0 Å². The van der Waals surface area contributed by atoms with Crippen molar-refractivity contribution in [1.82, 2.24) is 19.1 Å². The van der Waals surface area contributed by atoms with E-state index in [4.69, 9.17) is 0 Å². The van der Waals surface area contributed by atoms with Crippen molar-refractivity contribution < 1.29 is 8.42 Å². The molecule has 0 aliphatic carbocycles. The molecule has 2 aromatic rings. The van der Waals surface area contributed by atoms with Crippen LogP contribution in [-0.4, -0.2) is 34.0 Å². The Kier molecular flexibility index (Phi) is 3.50. The Hall–Kier alpha value is -1.45. The van der Waals surface area contributed by atoms with E-state index in [1.54, 1.807) is 25.1 Å². The molecule has 9 heteroatoms. The van der Waals surface area contributed by atoms with Crippen LogP contribution < -0.4 is 5.69 Å². The van der Waals surface area contributed by atoms with Gasteiger partial charge >= 0.3 is 5.69 Å². The van der Waals surface area contributed by atoms with E-state index in [0.29, 0.717) is 22.4 Å². The van der Waals surface area contributed by atoms with Crippen LogP contribution in [0.5, 0.6) is 0 Å². The lowest BCUT2D eigenvalue weighted by Crippen LogP contribution is -2.40. The summed E-state index contributed by atoms with van der Waals surface area (Å²) in [6.45, 7) is 2.40. The zero-order valence-corrected chi connectivity index (χ0v) is 13.6. The van der Waals surface area contributed by atoms with Crippen molar-refractivity contribution in [3.63, 3.8) is 0 Å². The lowest BCUT2D eigenvalue weighted by molar-refractivity contribution is 0.332. The molecule has 3 rings (SSSR count). The molecule has 2 heterocycles. The van der Waals surface area contributed by atoms with Gasteiger partial charge in [-0.25, -0.2) is 18.3 Å². The number of H-pyrrole nitrogens is 1. The summed E-state index contributed by atoms with van der Waals surface area (Å²) in [7, 11) is -3.61. The predicted octanol–water partition coefficient (Wildman–Crippen LogP) is 0.847. The van der Waals surface area contributed by atoms with Crippen molar-refractivity contribution in [2.24, 2.45) is 0 Å². The second-order valence-electron chi connectivity index (χ2n) is 4.85. The van der Waals surface area contributed by atoms with Gasteiger partial charge < -0.3 is 0 Å². The van der Waals surface area contributed by atoms with Crippen LogP contribution in [0.15, 0.2) is 32.4 Å². The molecule has 0 fully saturated rings. The fourth-order valence-electron chi connectivity index (χ4n) is 2.35. The summed E-state index contributed by atoms with van der Waals surface area (Å²) in [4.78, 5) is 11.7. The molecule has 112 valence electrons. The number of halogens is 1. The van der Waals surface area contributed by atoms with Gasteiger partial charge in [0.05, 0.1) is 11.4 Å². The maximum absolute atomic E-state index is 12.8. The Morgan fingerprint density at radius 3 is 2.86 bits per heavy atom. The molecule has 0 bridgehead atoms. The Bertz CT molecular complexity index is 856. The molecule has 7 nitrogen and oxygen atoms in total. The molecule has 1 aromatic carbocycles. The standard InChI is InChI=1S/C12H13BrN4O3S/c1-8-2-3-9(13)6-10(8)21(19,20)16-4-5-17-11(7-16)14-15-12(17)18/h2-3,6H,4-5,7H2,1H3,(H,15,18). The predicted molar refractivity (Wildman–Crippen MR) is 79.3 cm³/mol. The van der Waals surface area contributed by atoms with Crippen molar-refractivity contribution in [2.75, 3.05) is 6.54 Å². The monoisotopic (exact) mass is 372 g/mol. The summed E-state index contributed by atoms with van der Waals surface area (Å²) in [6, 6.07) is 5.15. The maximum Gasteiger partial charge on any atom is 0.343 e. The molecule has 0 atom stereocenters. The zero-order valence-electron chi connectivity index (χ0n) is 11.2. The molecular formula is C12H13BrN4O3S. The van der Waals surface area contributed by atoms with Crippen molar-refractivity contribution in [2.45, 2.75) is 24.9 Å². The Balaban J connectivity index is 2.00. The van der Waals surface area contributed by atoms with Crippen LogP contribution in [-0.2, 0) is 23.1 Å². The number of sulfonamides is 1. The first-order chi connectivity index (χ1) is 9.89. The Morgan fingerprint density at radius 1 is 1.33 bits per heavy atom.